The fourth-order valence-electron chi connectivity index (χ4n) is 1.97. The highest BCUT2D eigenvalue weighted by atomic mass is 32.2. The van der Waals surface area contributed by atoms with Crippen LogP contribution in [0.15, 0.2) is 37.1 Å². The summed E-state index contributed by atoms with van der Waals surface area (Å²) in [5.41, 5.74) is 1.12. The summed E-state index contributed by atoms with van der Waals surface area (Å²) in [6.07, 6.45) is 1.24. The van der Waals surface area contributed by atoms with E-state index >= 15 is 0 Å². The number of non-ortho nitro benzene ring substituents is 1. The number of thiocarbonyl (C=S) groups is 1. The van der Waals surface area contributed by atoms with Crippen LogP contribution in [0.4, 0.5) is 5.69 Å². The number of rotatable bonds is 5. The Kier molecular flexibility index (Phi) is 4.61. The van der Waals surface area contributed by atoms with Gasteiger partial charge in [0.05, 0.1) is 16.4 Å². The van der Waals surface area contributed by atoms with Crippen LogP contribution in [0.5, 0.6) is 0 Å². The van der Waals surface area contributed by atoms with Gasteiger partial charge in [-0.2, -0.15) is 0 Å². The minimum Gasteiger partial charge on any atom is -0.479 e. The van der Waals surface area contributed by atoms with E-state index in [4.69, 9.17) is 17.0 Å². The van der Waals surface area contributed by atoms with Crippen molar-refractivity contribution < 1.29 is 9.66 Å². The van der Waals surface area contributed by atoms with Gasteiger partial charge < -0.3 is 9.64 Å². The molecule has 20 heavy (non-hydrogen) atoms. The maximum Gasteiger partial charge on any atom is 0.269 e. The molecular weight excluding hydrogens is 296 g/mol. The zero-order valence-electron chi connectivity index (χ0n) is 10.9. The first-order chi connectivity index (χ1) is 9.52. The van der Waals surface area contributed by atoms with Gasteiger partial charge in [-0.05, 0) is 12.5 Å². The van der Waals surface area contributed by atoms with Gasteiger partial charge in [0, 0.05) is 18.7 Å². The van der Waals surface area contributed by atoms with Crippen LogP contribution in [0.3, 0.4) is 0 Å². The van der Waals surface area contributed by atoms with E-state index in [1.165, 1.54) is 18.4 Å². The van der Waals surface area contributed by atoms with Crippen LogP contribution in [-0.4, -0.2) is 26.9 Å². The fourth-order valence-corrected chi connectivity index (χ4v) is 3.68. The van der Waals surface area contributed by atoms with Gasteiger partial charge in [0.1, 0.15) is 4.32 Å². The second-order valence-electron chi connectivity index (χ2n) is 4.28. The van der Waals surface area contributed by atoms with Crippen molar-refractivity contribution >= 4 is 34.0 Å². The number of thioether (sulfide) groups is 1. The van der Waals surface area contributed by atoms with E-state index in [9.17, 15) is 10.1 Å². The molecule has 1 aromatic carbocycles. The fraction of sp³-hybridized carbons (Fsp3) is 0.308. The van der Waals surface area contributed by atoms with Crippen molar-refractivity contribution in [1.29, 1.82) is 0 Å². The summed E-state index contributed by atoms with van der Waals surface area (Å²) < 4.78 is 6.10. The molecule has 1 aliphatic rings. The van der Waals surface area contributed by atoms with Gasteiger partial charge in [-0.1, -0.05) is 42.7 Å². The number of benzene rings is 1. The first-order valence-corrected chi connectivity index (χ1v) is 7.29. The molecule has 0 bridgehead atoms. The Morgan fingerprint density at radius 1 is 1.60 bits per heavy atom. The third-order valence-corrected chi connectivity index (χ3v) is 4.71. The minimum absolute atomic E-state index is 0.0968. The number of nitro groups is 1. The monoisotopic (exact) mass is 310 g/mol. The summed E-state index contributed by atoms with van der Waals surface area (Å²) in [6.45, 7) is 6.17. The Morgan fingerprint density at radius 3 is 2.80 bits per heavy atom. The summed E-state index contributed by atoms with van der Waals surface area (Å²) in [5.74, 6) is 0. The van der Waals surface area contributed by atoms with Crippen molar-refractivity contribution in [3.8, 4) is 0 Å². The predicted molar refractivity (Wildman–Crippen MR) is 83.5 cm³/mol. The van der Waals surface area contributed by atoms with Gasteiger partial charge in [-0.15, -0.1) is 0 Å². The van der Waals surface area contributed by atoms with Crippen LogP contribution < -0.4 is 0 Å². The molecule has 1 aliphatic heterocycles. The zero-order chi connectivity index (χ0) is 14.7. The quantitative estimate of drug-likeness (QED) is 0.359. The highest BCUT2D eigenvalue weighted by Crippen LogP contribution is 2.39. The van der Waals surface area contributed by atoms with E-state index in [1.54, 1.807) is 23.9 Å². The van der Waals surface area contributed by atoms with Gasteiger partial charge in [0.2, 0.25) is 0 Å². The number of nitrogens with zero attached hydrogens (tertiary/aromatic N) is 2. The molecule has 0 amide bonds. The number of hydrogen-bond acceptors (Lipinski definition) is 5. The molecule has 0 radical (unpaired) electrons. The molecule has 0 aliphatic carbocycles. The second kappa shape index (κ2) is 6.23. The Labute approximate surface area is 126 Å². The van der Waals surface area contributed by atoms with Gasteiger partial charge in [0.15, 0.2) is 6.23 Å². The van der Waals surface area contributed by atoms with Crippen LogP contribution in [0, 0.1) is 10.1 Å². The standard InChI is InChI=1S/C13H14N2O3S2/c1-3-18-9(2)14-8-12(20-13(14)19)10-4-6-11(7-5-10)15(16)17/h3-7,9,12H,1,8H2,2H3. The predicted octanol–water partition coefficient (Wildman–Crippen LogP) is 3.48. The number of ether oxygens (including phenoxy) is 1. The van der Waals surface area contributed by atoms with Crippen molar-refractivity contribution in [3.63, 3.8) is 0 Å². The first kappa shape index (κ1) is 14.8. The molecule has 1 fully saturated rings. The maximum absolute atomic E-state index is 10.6. The van der Waals surface area contributed by atoms with Crippen LogP contribution in [0.2, 0.25) is 0 Å². The minimum atomic E-state index is -0.400. The van der Waals surface area contributed by atoms with Crippen molar-refractivity contribution in [3.05, 3.63) is 52.8 Å². The van der Waals surface area contributed by atoms with E-state index < -0.39 is 4.92 Å². The molecule has 2 atom stereocenters. The molecule has 0 saturated carbocycles. The molecule has 2 rings (SSSR count). The molecule has 1 saturated heterocycles. The second-order valence-corrected chi connectivity index (χ2v) is 6.11. The Bertz CT molecular complexity index is 533. The normalized spacial score (nSPS) is 19.8. The van der Waals surface area contributed by atoms with Crippen molar-refractivity contribution in [2.75, 3.05) is 6.54 Å². The topological polar surface area (TPSA) is 55.6 Å². The van der Waals surface area contributed by atoms with Gasteiger partial charge >= 0.3 is 0 Å². The highest BCUT2D eigenvalue weighted by Gasteiger charge is 2.32. The highest BCUT2D eigenvalue weighted by molar-refractivity contribution is 8.23. The Hall–Kier alpha value is -1.60. The first-order valence-electron chi connectivity index (χ1n) is 6.01. The van der Waals surface area contributed by atoms with Gasteiger partial charge in [-0.25, -0.2) is 0 Å². The summed E-state index contributed by atoms with van der Waals surface area (Å²) in [6, 6.07) is 6.60. The van der Waals surface area contributed by atoms with Crippen LogP contribution in [-0.2, 0) is 4.74 Å². The molecular formula is C13H14N2O3S2. The average molecular weight is 310 g/mol. The lowest BCUT2D eigenvalue weighted by Crippen LogP contribution is -2.34. The van der Waals surface area contributed by atoms with E-state index in [0.717, 1.165) is 16.4 Å². The van der Waals surface area contributed by atoms with Crippen molar-refractivity contribution in [1.82, 2.24) is 4.90 Å². The molecule has 0 aromatic heterocycles. The SMILES string of the molecule is C=COC(C)N1CC(c2ccc([N+](=O)[O-])cc2)SC1=S. The van der Waals surface area contributed by atoms with E-state index in [1.807, 2.05) is 11.8 Å². The summed E-state index contributed by atoms with van der Waals surface area (Å²) in [5, 5.41) is 10.8. The van der Waals surface area contributed by atoms with Crippen LogP contribution >= 0.6 is 24.0 Å². The molecule has 0 N–H and O–H groups in total. The molecule has 7 heteroatoms. The molecule has 106 valence electrons. The molecule has 1 heterocycles. The third kappa shape index (κ3) is 3.10. The summed E-state index contributed by atoms with van der Waals surface area (Å²) >= 11 is 6.91. The lowest BCUT2D eigenvalue weighted by atomic mass is 10.1. The van der Waals surface area contributed by atoms with Crippen LogP contribution in [0.25, 0.3) is 0 Å². The lowest BCUT2D eigenvalue weighted by molar-refractivity contribution is -0.384. The lowest BCUT2D eigenvalue weighted by Gasteiger charge is -2.24. The summed E-state index contributed by atoms with van der Waals surface area (Å²) in [7, 11) is 0. The van der Waals surface area contributed by atoms with Crippen molar-refractivity contribution in [2.24, 2.45) is 0 Å². The smallest absolute Gasteiger partial charge is 0.269 e. The number of hydrogen-bond donors (Lipinski definition) is 0. The molecule has 5 nitrogen and oxygen atoms in total. The summed E-state index contributed by atoms with van der Waals surface area (Å²) in [4.78, 5) is 12.2. The van der Waals surface area contributed by atoms with E-state index in [-0.39, 0.29) is 17.2 Å². The molecule has 1 aromatic rings. The van der Waals surface area contributed by atoms with E-state index in [0.29, 0.717) is 0 Å². The maximum atomic E-state index is 10.6. The zero-order valence-corrected chi connectivity index (χ0v) is 12.5. The number of nitro benzene ring substituents is 1. The van der Waals surface area contributed by atoms with E-state index in [2.05, 4.69) is 6.58 Å². The van der Waals surface area contributed by atoms with Crippen molar-refractivity contribution in [2.45, 2.75) is 18.4 Å². The largest absolute Gasteiger partial charge is 0.479 e. The Balaban J connectivity index is 2.09. The Morgan fingerprint density at radius 2 is 2.25 bits per heavy atom. The average Bonchev–Trinajstić information content (AvgIpc) is 2.81. The molecule has 2 unspecified atom stereocenters. The van der Waals surface area contributed by atoms with Crippen LogP contribution in [0.1, 0.15) is 17.7 Å². The third-order valence-electron chi connectivity index (χ3n) is 3.05. The van der Waals surface area contributed by atoms with Gasteiger partial charge in [-0.3, -0.25) is 10.1 Å². The molecule has 0 spiro atoms. The van der Waals surface area contributed by atoms with Gasteiger partial charge in [0.25, 0.3) is 5.69 Å².